The van der Waals surface area contributed by atoms with Crippen molar-refractivity contribution < 1.29 is 0 Å². The zero-order chi connectivity index (χ0) is 12.4. The van der Waals surface area contributed by atoms with Crippen LogP contribution < -0.4 is 5.73 Å². The second-order valence-electron chi connectivity index (χ2n) is 3.37. The molecule has 0 spiro atoms. The lowest BCUT2D eigenvalue weighted by molar-refractivity contribution is 0.217. The van der Waals surface area contributed by atoms with Crippen LogP contribution in [-0.2, 0) is 0 Å². The summed E-state index contributed by atoms with van der Waals surface area (Å²) >= 11 is 0. The minimum Gasteiger partial charge on any atom is -0.353 e. The van der Waals surface area contributed by atoms with Crippen molar-refractivity contribution in [2.75, 3.05) is 46.9 Å². The first-order chi connectivity index (χ1) is 7.77. The Morgan fingerprint density at radius 2 is 1.81 bits per heavy atom. The molecular weight excluding hydrogens is 202 g/mol. The van der Waals surface area contributed by atoms with E-state index in [1.165, 1.54) is 0 Å². The summed E-state index contributed by atoms with van der Waals surface area (Å²) in [6.45, 7) is 8.51. The highest BCUT2D eigenvalue weighted by Gasteiger charge is 2.15. The predicted molar refractivity (Wildman–Crippen MR) is 71.3 cm³/mol. The third-order valence-electron chi connectivity index (χ3n) is 2.37. The number of aliphatic imine (C=N–C) groups is 2. The molecule has 1 saturated heterocycles. The largest absolute Gasteiger partial charge is 0.353 e. The normalized spacial score (nSPS) is 18.6. The van der Waals surface area contributed by atoms with Gasteiger partial charge in [-0.1, -0.05) is 13.8 Å². The van der Waals surface area contributed by atoms with Crippen LogP contribution in [0.4, 0.5) is 0 Å². The minimum absolute atomic E-state index is 0.326. The molecule has 2 N–H and O–H groups in total. The third kappa shape index (κ3) is 5.23. The Balaban J connectivity index is 0.00000106. The van der Waals surface area contributed by atoms with Gasteiger partial charge in [0.2, 0.25) is 0 Å². The minimum atomic E-state index is 0.326. The number of piperazine rings is 1. The molecule has 1 fully saturated rings. The lowest BCUT2D eigenvalue weighted by Crippen LogP contribution is -2.47. The molecule has 0 aromatic heterocycles. The van der Waals surface area contributed by atoms with E-state index < -0.39 is 0 Å². The van der Waals surface area contributed by atoms with Gasteiger partial charge in [0.1, 0.15) is 5.84 Å². The number of likely N-dealkylation sites (N-methyl/N-ethyl adjacent to an activating group) is 1. The second-order valence-corrected chi connectivity index (χ2v) is 3.37. The average Bonchev–Trinajstić information content (AvgIpc) is 2.35. The average molecular weight is 227 g/mol. The maximum absolute atomic E-state index is 5.30. The summed E-state index contributed by atoms with van der Waals surface area (Å²) in [5, 5.41) is 0. The zero-order valence-corrected chi connectivity index (χ0v) is 11.0. The summed E-state index contributed by atoms with van der Waals surface area (Å²) < 4.78 is 0. The van der Waals surface area contributed by atoms with Crippen molar-refractivity contribution in [2.45, 2.75) is 13.8 Å². The fourth-order valence-corrected chi connectivity index (χ4v) is 1.45. The standard InChI is InChI=1S/C9H19N5.C2H6/c1-11-9(7-12-8-10)14-5-3-13(2)4-6-14;1-2/h7H,3-6,8,10H2,1-2H3;1-2H3/b11-9?,12-7-;. The molecule has 0 aromatic carbocycles. The van der Waals surface area contributed by atoms with Crippen molar-refractivity contribution in [2.24, 2.45) is 15.7 Å². The van der Waals surface area contributed by atoms with E-state index in [1.807, 2.05) is 13.8 Å². The molecule has 5 heteroatoms. The van der Waals surface area contributed by atoms with Crippen molar-refractivity contribution in [1.29, 1.82) is 0 Å². The van der Waals surface area contributed by atoms with Gasteiger partial charge in [0.15, 0.2) is 0 Å². The quantitative estimate of drug-likeness (QED) is 0.544. The van der Waals surface area contributed by atoms with Gasteiger partial charge < -0.3 is 15.5 Å². The third-order valence-corrected chi connectivity index (χ3v) is 2.37. The summed E-state index contributed by atoms with van der Waals surface area (Å²) in [6.07, 6.45) is 1.76. The van der Waals surface area contributed by atoms with Crippen LogP contribution in [0.5, 0.6) is 0 Å². The summed E-state index contributed by atoms with van der Waals surface area (Å²) in [5.41, 5.74) is 5.30. The van der Waals surface area contributed by atoms with E-state index in [1.54, 1.807) is 13.3 Å². The zero-order valence-electron chi connectivity index (χ0n) is 11.0. The van der Waals surface area contributed by atoms with E-state index in [-0.39, 0.29) is 0 Å². The topological polar surface area (TPSA) is 57.2 Å². The van der Waals surface area contributed by atoms with Crippen LogP contribution in [0, 0.1) is 0 Å². The van der Waals surface area contributed by atoms with Gasteiger partial charge in [0.25, 0.3) is 0 Å². The first kappa shape index (κ1) is 15.1. The molecule has 0 unspecified atom stereocenters. The van der Waals surface area contributed by atoms with Crippen molar-refractivity contribution in [1.82, 2.24) is 9.80 Å². The van der Waals surface area contributed by atoms with Crippen molar-refractivity contribution >= 4 is 12.1 Å². The van der Waals surface area contributed by atoms with Crippen LogP contribution >= 0.6 is 0 Å². The van der Waals surface area contributed by atoms with E-state index >= 15 is 0 Å². The molecule has 0 saturated carbocycles. The maximum atomic E-state index is 5.30. The number of amidine groups is 1. The number of nitrogens with two attached hydrogens (primary N) is 1. The molecule has 1 rings (SSSR count). The van der Waals surface area contributed by atoms with E-state index in [4.69, 9.17) is 5.73 Å². The predicted octanol–water partition coefficient (Wildman–Crippen LogP) is 0.275. The number of hydrogen-bond donors (Lipinski definition) is 1. The van der Waals surface area contributed by atoms with Gasteiger partial charge in [-0.3, -0.25) is 9.98 Å². The highest BCUT2D eigenvalue weighted by atomic mass is 15.3. The molecule has 0 aliphatic carbocycles. The van der Waals surface area contributed by atoms with Crippen LogP contribution in [0.15, 0.2) is 9.98 Å². The van der Waals surface area contributed by atoms with Gasteiger partial charge in [-0.05, 0) is 7.05 Å². The Morgan fingerprint density at radius 1 is 1.25 bits per heavy atom. The van der Waals surface area contributed by atoms with Gasteiger partial charge in [-0.15, -0.1) is 0 Å². The first-order valence-electron chi connectivity index (χ1n) is 5.88. The monoisotopic (exact) mass is 227 g/mol. The van der Waals surface area contributed by atoms with E-state index in [0.29, 0.717) is 6.67 Å². The maximum Gasteiger partial charge on any atom is 0.141 e. The Kier molecular flexibility index (Phi) is 8.75. The first-order valence-corrected chi connectivity index (χ1v) is 5.88. The molecule has 0 bridgehead atoms. The van der Waals surface area contributed by atoms with Gasteiger partial charge in [-0.25, -0.2) is 0 Å². The van der Waals surface area contributed by atoms with Crippen LogP contribution in [0.1, 0.15) is 13.8 Å². The Labute approximate surface area is 99.0 Å². The van der Waals surface area contributed by atoms with Crippen LogP contribution in [-0.4, -0.2) is 68.8 Å². The van der Waals surface area contributed by atoms with Gasteiger partial charge in [0.05, 0.1) is 12.9 Å². The van der Waals surface area contributed by atoms with Gasteiger partial charge in [-0.2, -0.15) is 0 Å². The highest BCUT2D eigenvalue weighted by molar-refractivity contribution is 6.29. The summed E-state index contributed by atoms with van der Waals surface area (Å²) in [5.74, 6) is 0.934. The Morgan fingerprint density at radius 3 is 2.25 bits per heavy atom. The second kappa shape index (κ2) is 9.30. The van der Waals surface area contributed by atoms with E-state index in [2.05, 4.69) is 26.8 Å². The lowest BCUT2D eigenvalue weighted by Gasteiger charge is -2.33. The van der Waals surface area contributed by atoms with Crippen LogP contribution in [0.25, 0.3) is 0 Å². The molecule has 0 aromatic rings. The fourth-order valence-electron chi connectivity index (χ4n) is 1.45. The van der Waals surface area contributed by atoms with Gasteiger partial charge in [0, 0.05) is 33.2 Å². The lowest BCUT2D eigenvalue weighted by atomic mass is 10.3. The molecule has 94 valence electrons. The molecular formula is C11H25N5. The van der Waals surface area contributed by atoms with Gasteiger partial charge >= 0.3 is 0 Å². The Hall–Kier alpha value is -0.940. The molecule has 16 heavy (non-hydrogen) atoms. The molecule has 0 atom stereocenters. The molecule has 5 nitrogen and oxygen atoms in total. The van der Waals surface area contributed by atoms with E-state index in [9.17, 15) is 0 Å². The molecule has 0 radical (unpaired) electrons. The van der Waals surface area contributed by atoms with Crippen molar-refractivity contribution in [3.63, 3.8) is 0 Å². The highest BCUT2D eigenvalue weighted by Crippen LogP contribution is 1.99. The number of hydrogen-bond acceptors (Lipinski definition) is 4. The van der Waals surface area contributed by atoms with E-state index in [0.717, 1.165) is 32.0 Å². The number of nitrogens with zero attached hydrogens (tertiary/aromatic N) is 4. The molecule has 0 amide bonds. The van der Waals surface area contributed by atoms with Crippen molar-refractivity contribution in [3.8, 4) is 0 Å². The summed E-state index contributed by atoms with van der Waals surface area (Å²) in [4.78, 5) is 12.7. The van der Waals surface area contributed by atoms with Crippen LogP contribution in [0.3, 0.4) is 0 Å². The Bertz CT molecular complexity index is 216. The summed E-state index contributed by atoms with van der Waals surface area (Å²) in [7, 11) is 3.92. The fraction of sp³-hybridized carbons (Fsp3) is 0.818. The SMILES string of the molecule is CC.CN=C(/C=N\CN)N1CCN(C)CC1. The molecule has 1 aliphatic rings. The van der Waals surface area contributed by atoms with Crippen molar-refractivity contribution in [3.05, 3.63) is 0 Å². The summed E-state index contributed by atoms with van der Waals surface area (Å²) in [6, 6.07) is 0. The smallest absolute Gasteiger partial charge is 0.141 e. The number of rotatable bonds is 2. The molecule has 1 aliphatic heterocycles. The molecule has 1 heterocycles. The van der Waals surface area contributed by atoms with Crippen LogP contribution in [0.2, 0.25) is 0 Å².